The van der Waals surface area contributed by atoms with E-state index in [9.17, 15) is 4.79 Å². The van der Waals surface area contributed by atoms with E-state index < -0.39 is 0 Å². The van der Waals surface area contributed by atoms with Gasteiger partial charge in [-0.2, -0.15) is 0 Å². The Morgan fingerprint density at radius 3 is 2.54 bits per heavy atom. The van der Waals surface area contributed by atoms with Gasteiger partial charge in [-0.15, -0.1) is 23.7 Å². The fourth-order valence-corrected chi connectivity index (χ4v) is 4.75. The minimum absolute atomic E-state index is 0. The van der Waals surface area contributed by atoms with E-state index in [1.54, 1.807) is 11.3 Å². The Balaban J connectivity index is 0.00000196. The number of benzene rings is 1. The van der Waals surface area contributed by atoms with E-state index in [0.29, 0.717) is 6.04 Å². The van der Waals surface area contributed by atoms with Crippen LogP contribution in [0.4, 0.5) is 0 Å². The molecule has 0 saturated carbocycles. The molecule has 4 nitrogen and oxygen atoms in total. The Morgan fingerprint density at radius 2 is 1.81 bits per heavy atom. The predicted octanol–water partition coefficient (Wildman–Crippen LogP) is 3.61. The van der Waals surface area contributed by atoms with Crippen molar-refractivity contribution in [3.8, 4) is 10.4 Å². The van der Waals surface area contributed by atoms with Crippen LogP contribution >= 0.6 is 35.3 Å². The average Bonchev–Trinajstić information content (AvgIpc) is 3.33. The molecular formula is C19H23Cl2N3OS. The number of amides is 1. The van der Waals surface area contributed by atoms with Gasteiger partial charge >= 0.3 is 0 Å². The van der Waals surface area contributed by atoms with Crippen molar-refractivity contribution >= 4 is 41.3 Å². The number of carbonyl (C=O) groups is 1. The van der Waals surface area contributed by atoms with E-state index in [2.05, 4.69) is 10.2 Å². The van der Waals surface area contributed by atoms with Crippen molar-refractivity contribution in [1.82, 2.24) is 15.1 Å². The first-order chi connectivity index (χ1) is 12.2. The second kappa shape index (κ2) is 8.72. The third-order valence-corrected chi connectivity index (χ3v) is 6.44. The molecular weight excluding hydrogens is 389 g/mol. The Bertz CT molecular complexity index is 743. The number of halogens is 2. The van der Waals surface area contributed by atoms with Crippen molar-refractivity contribution in [2.75, 3.05) is 39.3 Å². The van der Waals surface area contributed by atoms with Gasteiger partial charge in [-0.3, -0.25) is 9.69 Å². The molecule has 2 fully saturated rings. The van der Waals surface area contributed by atoms with Gasteiger partial charge in [0.2, 0.25) is 0 Å². The highest BCUT2D eigenvalue weighted by Crippen LogP contribution is 2.30. The Morgan fingerprint density at radius 1 is 1.08 bits per heavy atom. The van der Waals surface area contributed by atoms with Crippen LogP contribution in [0, 0.1) is 0 Å². The fraction of sp³-hybridized carbons (Fsp3) is 0.421. The number of thiophene rings is 1. The first kappa shape index (κ1) is 19.6. The molecule has 2 aliphatic rings. The van der Waals surface area contributed by atoms with Gasteiger partial charge in [0.05, 0.1) is 4.88 Å². The lowest BCUT2D eigenvalue weighted by Gasteiger charge is -2.32. The van der Waals surface area contributed by atoms with Gasteiger partial charge in [-0.05, 0) is 36.2 Å². The highest BCUT2D eigenvalue weighted by atomic mass is 35.5. The maximum atomic E-state index is 12.9. The van der Waals surface area contributed by atoms with Gasteiger partial charge in [0.25, 0.3) is 5.91 Å². The van der Waals surface area contributed by atoms with Crippen LogP contribution in [0.15, 0.2) is 36.4 Å². The van der Waals surface area contributed by atoms with Crippen LogP contribution in [0.25, 0.3) is 10.4 Å². The normalized spacial score (nSPS) is 20.8. The third kappa shape index (κ3) is 4.24. The predicted molar refractivity (Wildman–Crippen MR) is 111 cm³/mol. The van der Waals surface area contributed by atoms with Crippen LogP contribution in [0.5, 0.6) is 0 Å². The molecule has 1 unspecified atom stereocenters. The first-order valence-corrected chi connectivity index (χ1v) is 10.00. The summed E-state index contributed by atoms with van der Waals surface area (Å²) >= 11 is 7.52. The highest BCUT2D eigenvalue weighted by Gasteiger charge is 2.31. The SMILES string of the molecule is Cl.O=C(c1ccc(-c2ccc(Cl)cc2)s1)N1CCC(N2CCNCC2)C1. The van der Waals surface area contributed by atoms with E-state index in [0.717, 1.165) is 66.0 Å². The molecule has 1 N–H and O–H groups in total. The van der Waals surface area contributed by atoms with Crippen molar-refractivity contribution < 1.29 is 4.79 Å². The topological polar surface area (TPSA) is 35.6 Å². The summed E-state index contributed by atoms with van der Waals surface area (Å²) in [5.74, 6) is 0.169. The summed E-state index contributed by atoms with van der Waals surface area (Å²) in [5.41, 5.74) is 1.11. The van der Waals surface area contributed by atoms with Gasteiger partial charge in [-0.1, -0.05) is 23.7 Å². The van der Waals surface area contributed by atoms with Gasteiger partial charge in [0, 0.05) is 55.2 Å². The number of hydrogen-bond donors (Lipinski definition) is 1. The van der Waals surface area contributed by atoms with E-state index in [1.807, 2.05) is 41.3 Å². The Kier molecular flexibility index (Phi) is 6.59. The average molecular weight is 412 g/mol. The smallest absolute Gasteiger partial charge is 0.263 e. The molecule has 4 rings (SSSR count). The molecule has 7 heteroatoms. The second-order valence-corrected chi connectivity index (χ2v) is 8.17. The summed E-state index contributed by atoms with van der Waals surface area (Å²) < 4.78 is 0. The molecule has 2 saturated heterocycles. The minimum atomic E-state index is 0. The van der Waals surface area contributed by atoms with E-state index in [4.69, 9.17) is 11.6 Å². The zero-order valence-corrected chi connectivity index (χ0v) is 16.9. The second-order valence-electron chi connectivity index (χ2n) is 6.65. The van der Waals surface area contributed by atoms with Crippen molar-refractivity contribution in [3.63, 3.8) is 0 Å². The standard InChI is InChI=1S/C19H22ClN3OS.ClH/c20-15-3-1-14(2-4-15)17-5-6-18(25-17)19(24)23-10-7-16(13-23)22-11-8-21-9-12-22;/h1-6,16,21H,7-13H2;1H. The Hall–Kier alpha value is -1.11. The monoisotopic (exact) mass is 411 g/mol. The molecule has 0 spiro atoms. The van der Waals surface area contributed by atoms with Crippen LogP contribution in [-0.4, -0.2) is 61.0 Å². The third-order valence-electron chi connectivity index (χ3n) is 5.06. The number of rotatable bonds is 3. The zero-order valence-electron chi connectivity index (χ0n) is 14.5. The van der Waals surface area contributed by atoms with Crippen LogP contribution in [0.2, 0.25) is 5.02 Å². The van der Waals surface area contributed by atoms with Crippen LogP contribution in [0.1, 0.15) is 16.1 Å². The highest BCUT2D eigenvalue weighted by molar-refractivity contribution is 7.17. The number of nitrogens with zero attached hydrogens (tertiary/aromatic N) is 2. The molecule has 0 bridgehead atoms. The molecule has 1 aromatic heterocycles. The van der Waals surface area contributed by atoms with Crippen LogP contribution < -0.4 is 5.32 Å². The molecule has 1 amide bonds. The zero-order chi connectivity index (χ0) is 17.2. The summed E-state index contributed by atoms with van der Waals surface area (Å²) in [5, 5.41) is 4.12. The van der Waals surface area contributed by atoms with Crippen LogP contribution in [-0.2, 0) is 0 Å². The summed E-state index contributed by atoms with van der Waals surface area (Å²) in [6.45, 7) is 6.01. The number of likely N-dealkylation sites (tertiary alicyclic amines) is 1. The quantitative estimate of drug-likeness (QED) is 0.837. The van der Waals surface area contributed by atoms with Crippen LogP contribution in [0.3, 0.4) is 0 Å². The van der Waals surface area contributed by atoms with Crippen molar-refractivity contribution in [2.45, 2.75) is 12.5 Å². The van der Waals surface area contributed by atoms with E-state index in [1.165, 1.54) is 0 Å². The first-order valence-electron chi connectivity index (χ1n) is 8.80. The molecule has 140 valence electrons. The molecule has 2 aliphatic heterocycles. The molecule has 3 heterocycles. The van der Waals surface area contributed by atoms with Crippen molar-refractivity contribution in [1.29, 1.82) is 0 Å². The Labute approximate surface area is 169 Å². The summed E-state index contributed by atoms with van der Waals surface area (Å²) in [6, 6.07) is 12.3. The number of piperazine rings is 1. The van der Waals surface area contributed by atoms with Gasteiger partial charge in [-0.25, -0.2) is 0 Å². The summed E-state index contributed by atoms with van der Waals surface area (Å²) in [6.07, 6.45) is 1.08. The number of nitrogens with one attached hydrogen (secondary N) is 1. The molecule has 26 heavy (non-hydrogen) atoms. The minimum Gasteiger partial charge on any atom is -0.336 e. The molecule has 0 aliphatic carbocycles. The lowest BCUT2D eigenvalue weighted by molar-refractivity contribution is 0.0778. The number of hydrogen-bond acceptors (Lipinski definition) is 4. The maximum Gasteiger partial charge on any atom is 0.263 e. The molecule has 1 atom stereocenters. The number of carbonyl (C=O) groups excluding carboxylic acids is 1. The van der Waals surface area contributed by atoms with E-state index in [-0.39, 0.29) is 18.3 Å². The maximum absolute atomic E-state index is 12.9. The van der Waals surface area contributed by atoms with E-state index >= 15 is 0 Å². The summed E-state index contributed by atoms with van der Waals surface area (Å²) in [7, 11) is 0. The van der Waals surface area contributed by atoms with Crippen molar-refractivity contribution in [3.05, 3.63) is 46.3 Å². The molecule has 1 aromatic carbocycles. The van der Waals surface area contributed by atoms with Gasteiger partial charge in [0.1, 0.15) is 0 Å². The largest absolute Gasteiger partial charge is 0.336 e. The van der Waals surface area contributed by atoms with Crippen molar-refractivity contribution in [2.24, 2.45) is 0 Å². The summed E-state index contributed by atoms with van der Waals surface area (Å²) in [4.78, 5) is 19.3. The van der Waals surface area contributed by atoms with Gasteiger partial charge in [0.15, 0.2) is 0 Å². The fourth-order valence-electron chi connectivity index (χ4n) is 3.65. The lowest BCUT2D eigenvalue weighted by Crippen LogP contribution is -2.49. The van der Waals surface area contributed by atoms with Gasteiger partial charge < -0.3 is 10.2 Å². The molecule has 0 radical (unpaired) electrons. The lowest BCUT2D eigenvalue weighted by atomic mass is 10.2. The molecule has 2 aromatic rings.